The highest BCUT2D eigenvalue weighted by molar-refractivity contribution is 7.84. The van der Waals surface area contributed by atoms with Gasteiger partial charge in [0.25, 0.3) is 0 Å². The van der Waals surface area contributed by atoms with Gasteiger partial charge in [-0.25, -0.2) is 4.98 Å². The molecule has 0 amide bonds. The van der Waals surface area contributed by atoms with Crippen LogP contribution in [0.1, 0.15) is 32.1 Å². The van der Waals surface area contributed by atoms with E-state index in [0.717, 1.165) is 29.0 Å². The number of imidazole rings is 1. The number of halogens is 1. The third kappa shape index (κ3) is 3.58. The summed E-state index contributed by atoms with van der Waals surface area (Å²) in [5, 5.41) is 0. The van der Waals surface area contributed by atoms with Gasteiger partial charge in [-0.15, -0.1) is 11.6 Å². The summed E-state index contributed by atoms with van der Waals surface area (Å²) in [5.74, 6) is 2.47. The van der Waals surface area contributed by atoms with E-state index in [9.17, 15) is 4.21 Å². The summed E-state index contributed by atoms with van der Waals surface area (Å²) < 4.78 is 19.3. The molecule has 1 aromatic carbocycles. The second kappa shape index (κ2) is 7.27. The Labute approximate surface area is 132 Å². The van der Waals surface area contributed by atoms with E-state index in [1.807, 2.05) is 25.1 Å². The molecular formula is C15H21ClN2O2S. The summed E-state index contributed by atoms with van der Waals surface area (Å²) in [6.07, 6.45) is 2.66. The van der Waals surface area contributed by atoms with Gasteiger partial charge >= 0.3 is 0 Å². The van der Waals surface area contributed by atoms with Gasteiger partial charge in [0.15, 0.2) is 0 Å². The van der Waals surface area contributed by atoms with E-state index in [0.29, 0.717) is 18.2 Å². The van der Waals surface area contributed by atoms with Crippen molar-refractivity contribution in [1.29, 1.82) is 0 Å². The van der Waals surface area contributed by atoms with E-state index >= 15 is 0 Å². The van der Waals surface area contributed by atoms with E-state index < -0.39 is 10.8 Å². The Morgan fingerprint density at radius 3 is 2.86 bits per heavy atom. The molecule has 6 heteroatoms. The van der Waals surface area contributed by atoms with Crippen LogP contribution < -0.4 is 4.74 Å². The highest BCUT2D eigenvalue weighted by Crippen LogP contribution is 2.29. The van der Waals surface area contributed by atoms with Gasteiger partial charge in [0.2, 0.25) is 0 Å². The molecular weight excluding hydrogens is 308 g/mol. The summed E-state index contributed by atoms with van der Waals surface area (Å²) in [6.45, 7) is 4.77. The van der Waals surface area contributed by atoms with E-state index in [4.69, 9.17) is 16.3 Å². The molecule has 2 atom stereocenters. The minimum atomic E-state index is -0.867. The van der Waals surface area contributed by atoms with Gasteiger partial charge in [-0.2, -0.15) is 0 Å². The molecule has 0 spiro atoms. The van der Waals surface area contributed by atoms with Crippen molar-refractivity contribution in [2.75, 3.05) is 18.6 Å². The number of fused-ring (bicyclic) bond motifs is 1. The SMILES string of the molecule is CCCOc1cccc2c1nc(CCl)n2C(C)CS(C)=O. The Kier molecular flexibility index (Phi) is 5.65. The first-order valence-corrected chi connectivity index (χ1v) is 9.33. The predicted molar refractivity (Wildman–Crippen MR) is 88.7 cm³/mol. The molecule has 0 fully saturated rings. The van der Waals surface area contributed by atoms with Crippen LogP contribution in [0.15, 0.2) is 18.2 Å². The van der Waals surface area contributed by atoms with E-state index in [1.165, 1.54) is 0 Å². The Morgan fingerprint density at radius 2 is 2.24 bits per heavy atom. The molecule has 2 aromatic rings. The Balaban J connectivity index is 2.51. The maximum Gasteiger partial charge on any atom is 0.147 e. The standard InChI is InChI=1S/C15H21ClN2O2S/c1-4-8-20-13-7-5-6-12-15(13)17-14(9-16)18(12)11(2)10-21(3)19/h5-7,11H,4,8-10H2,1-3H3. The highest BCUT2D eigenvalue weighted by atomic mass is 35.5. The van der Waals surface area contributed by atoms with Gasteiger partial charge in [-0.3, -0.25) is 4.21 Å². The van der Waals surface area contributed by atoms with Crippen LogP contribution in [0.4, 0.5) is 0 Å². The zero-order chi connectivity index (χ0) is 15.4. The lowest BCUT2D eigenvalue weighted by Crippen LogP contribution is -2.15. The summed E-state index contributed by atoms with van der Waals surface area (Å²) >= 11 is 6.04. The lowest BCUT2D eigenvalue weighted by Gasteiger charge is -2.15. The smallest absolute Gasteiger partial charge is 0.147 e. The van der Waals surface area contributed by atoms with Crippen LogP contribution in [0.25, 0.3) is 11.0 Å². The maximum atomic E-state index is 11.5. The number of nitrogens with zero attached hydrogens (tertiary/aromatic N) is 2. The lowest BCUT2D eigenvalue weighted by atomic mass is 10.2. The average molecular weight is 329 g/mol. The fourth-order valence-electron chi connectivity index (χ4n) is 2.47. The van der Waals surface area contributed by atoms with Crippen molar-refractivity contribution >= 4 is 33.4 Å². The second-order valence-electron chi connectivity index (χ2n) is 5.09. The van der Waals surface area contributed by atoms with Gasteiger partial charge in [-0.05, 0) is 25.5 Å². The largest absolute Gasteiger partial charge is 0.491 e. The zero-order valence-electron chi connectivity index (χ0n) is 12.6. The van der Waals surface area contributed by atoms with Crippen molar-refractivity contribution in [3.63, 3.8) is 0 Å². The van der Waals surface area contributed by atoms with Gasteiger partial charge in [0, 0.05) is 28.9 Å². The first-order valence-electron chi connectivity index (χ1n) is 7.07. The van der Waals surface area contributed by atoms with Crippen molar-refractivity contribution in [3.8, 4) is 5.75 Å². The molecule has 0 N–H and O–H groups in total. The van der Waals surface area contributed by atoms with Crippen LogP contribution in [0.5, 0.6) is 5.75 Å². The molecule has 1 heterocycles. The van der Waals surface area contributed by atoms with Gasteiger partial charge in [-0.1, -0.05) is 13.0 Å². The second-order valence-corrected chi connectivity index (χ2v) is 6.84. The summed E-state index contributed by atoms with van der Waals surface area (Å²) in [5.41, 5.74) is 1.81. The van der Waals surface area contributed by atoms with Crippen LogP contribution in [0.3, 0.4) is 0 Å². The highest BCUT2D eigenvalue weighted by Gasteiger charge is 2.18. The van der Waals surface area contributed by atoms with Crippen LogP contribution in [0, 0.1) is 0 Å². The molecule has 4 nitrogen and oxygen atoms in total. The number of alkyl halides is 1. The van der Waals surface area contributed by atoms with Crippen molar-refractivity contribution < 1.29 is 8.95 Å². The normalized spacial score (nSPS) is 14.3. The molecule has 0 aliphatic carbocycles. The maximum absolute atomic E-state index is 11.5. The monoisotopic (exact) mass is 328 g/mol. The molecule has 21 heavy (non-hydrogen) atoms. The number of aromatic nitrogens is 2. The Hall–Kier alpha value is -1.07. The van der Waals surface area contributed by atoms with Crippen LogP contribution >= 0.6 is 11.6 Å². The molecule has 0 aliphatic rings. The topological polar surface area (TPSA) is 44.1 Å². The van der Waals surface area contributed by atoms with Crippen LogP contribution in [-0.2, 0) is 16.7 Å². The van der Waals surface area contributed by atoms with Crippen LogP contribution in [0.2, 0.25) is 0 Å². The van der Waals surface area contributed by atoms with E-state index in [-0.39, 0.29) is 6.04 Å². The molecule has 0 radical (unpaired) electrons. The predicted octanol–water partition coefficient (Wildman–Crippen LogP) is 3.50. The lowest BCUT2D eigenvalue weighted by molar-refractivity contribution is 0.320. The number of para-hydroxylation sites is 1. The minimum Gasteiger partial charge on any atom is -0.491 e. The molecule has 2 rings (SSSR count). The van der Waals surface area contributed by atoms with E-state index in [2.05, 4.69) is 16.5 Å². The Morgan fingerprint density at radius 1 is 1.48 bits per heavy atom. The first-order chi connectivity index (χ1) is 10.1. The first kappa shape index (κ1) is 16.3. The number of ether oxygens (including phenoxy) is 1. The van der Waals surface area contributed by atoms with Gasteiger partial charge < -0.3 is 9.30 Å². The van der Waals surface area contributed by atoms with Crippen LogP contribution in [-0.4, -0.2) is 32.4 Å². The fraction of sp³-hybridized carbons (Fsp3) is 0.533. The van der Waals surface area contributed by atoms with Gasteiger partial charge in [0.1, 0.15) is 17.1 Å². The van der Waals surface area contributed by atoms with Gasteiger partial charge in [0.05, 0.1) is 18.0 Å². The van der Waals surface area contributed by atoms with Crippen molar-refractivity contribution in [3.05, 3.63) is 24.0 Å². The number of benzene rings is 1. The third-order valence-electron chi connectivity index (χ3n) is 3.25. The van der Waals surface area contributed by atoms with Crippen molar-refractivity contribution in [1.82, 2.24) is 9.55 Å². The number of hydrogen-bond acceptors (Lipinski definition) is 3. The summed E-state index contributed by atoms with van der Waals surface area (Å²) in [6, 6.07) is 5.97. The molecule has 0 saturated heterocycles. The molecule has 116 valence electrons. The molecule has 2 unspecified atom stereocenters. The summed E-state index contributed by atoms with van der Waals surface area (Å²) in [7, 11) is -0.867. The minimum absolute atomic E-state index is 0.0796. The van der Waals surface area contributed by atoms with E-state index in [1.54, 1.807) is 6.26 Å². The fourth-order valence-corrected chi connectivity index (χ4v) is 3.49. The third-order valence-corrected chi connectivity index (χ3v) is 4.44. The Bertz CT molecular complexity index is 642. The number of rotatable bonds is 7. The van der Waals surface area contributed by atoms with Crippen molar-refractivity contribution in [2.45, 2.75) is 32.2 Å². The molecule has 0 aliphatic heterocycles. The molecule has 0 bridgehead atoms. The quantitative estimate of drug-likeness (QED) is 0.731. The average Bonchev–Trinajstić information content (AvgIpc) is 2.83. The molecule has 1 aromatic heterocycles. The van der Waals surface area contributed by atoms with Crippen molar-refractivity contribution in [2.24, 2.45) is 0 Å². The zero-order valence-corrected chi connectivity index (χ0v) is 14.2. The molecule has 0 saturated carbocycles. The number of hydrogen-bond donors (Lipinski definition) is 0. The summed E-state index contributed by atoms with van der Waals surface area (Å²) in [4.78, 5) is 4.62.